The van der Waals surface area contributed by atoms with E-state index in [1.807, 2.05) is 24.3 Å². The molecule has 0 aliphatic heterocycles. The van der Waals surface area contributed by atoms with E-state index in [2.05, 4.69) is 20.8 Å². The van der Waals surface area contributed by atoms with Gasteiger partial charge < -0.3 is 9.84 Å². The van der Waals surface area contributed by atoms with Gasteiger partial charge in [0, 0.05) is 0 Å². The van der Waals surface area contributed by atoms with Gasteiger partial charge in [0.15, 0.2) is 11.6 Å². The van der Waals surface area contributed by atoms with Gasteiger partial charge >= 0.3 is 0 Å². The summed E-state index contributed by atoms with van der Waals surface area (Å²) in [6.45, 7) is 8.01. The van der Waals surface area contributed by atoms with Crippen LogP contribution in [0.4, 0.5) is 4.39 Å². The quantitative estimate of drug-likeness (QED) is 0.864. The fourth-order valence-corrected chi connectivity index (χ4v) is 2.01. The lowest BCUT2D eigenvalue weighted by Gasteiger charge is -2.19. The van der Waals surface area contributed by atoms with Gasteiger partial charge in [-0.05, 0) is 47.7 Å². The van der Waals surface area contributed by atoms with Gasteiger partial charge in [0.2, 0.25) is 0 Å². The van der Waals surface area contributed by atoms with Crippen LogP contribution in [0.15, 0.2) is 42.5 Å². The van der Waals surface area contributed by atoms with Gasteiger partial charge in [-0.2, -0.15) is 0 Å². The summed E-state index contributed by atoms with van der Waals surface area (Å²) in [7, 11) is 0. The molecule has 3 heteroatoms. The van der Waals surface area contributed by atoms with Crippen LogP contribution in [-0.4, -0.2) is 5.11 Å². The van der Waals surface area contributed by atoms with E-state index in [9.17, 15) is 9.50 Å². The highest BCUT2D eigenvalue weighted by Gasteiger charge is 2.14. The third kappa shape index (κ3) is 3.82. The summed E-state index contributed by atoms with van der Waals surface area (Å²) in [5.41, 5.74) is 1.80. The minimum absolute atomic E-state index is 0.0721. The standard InChI is InChI=1S/C18H21FO2/c1-12(20)13-5-10-17(16(19)11-13)21-15-8-6-14(7-9-15)18(2,3)4/h5-12,20H,1-4H3. The van der Waals surface area contributed by atoms with Crippen molar-refractivity contribution in [1.29, 1.82) is 0 Å². The first-order valence-corrected chi connectivity index (χ1v) is 7.03. The maximum Gasteiger partial charge on any atom is 0.166 e. The number of aliphatic hydroxyl groups excluding tert-OH is 1. The summed E-state index contributed by atoms with van der Waals surface area (Å²) >= 11 is 0. The molecule has 1 atom stereocenters. The number of ether oxygens (including phenoxy) is 1. The zero-order chi connectivity index (χ0) is 15.6. The Hall–Kier alpha value is -1.87. The predicted molar refractivity (Wildman–Crippen MR) is 82.2 cm³/mol. The summed E-state index contributed by atoms with van der Waals surface area (Å²) in [5.74, 6) is 0.267. The van der Waals surface area contributed by atoms with E-state index in [4.69, 9.17) is 4.74 Å². The maximum atomic E-state index is 13.9. The molecule has 21 heavy (non-hydrogen) atoms. The van der Waals surface area contributed by atoms with E-state index in [1.165, 1.54) is 17.7 Å². The van der Waals surface area contributed by atoms with E-state index in [1.54, 1.807) is 13.0 Å². The van der Waals surface area contributed by atoms with Gasteiger partial charge in [-0.1, -0.05) is 39.0 Å². The number of aliphatic hydroxyl groups is 1. The second-order valence-corrected chi connectivity index (χ2v) is 6.24. The zero-order valence-electron chi connectivity index (χ0n) is 12.9. The molecule has 0 amide bonds. The zero-order valence-corrected chi connectivity index (χ0v) is 12.9. The summed E-state index contributed by atoms with van der Waals surface area (Å²) in [6.07, 6.45) is -0.695. The van der Waals surface area contributed by atoms with Crippen LogP contribution in [0, 0.1) is 5.82 Å². The van der Waals surface area contributed by atoms with Crippen LogP contribution in [-0.2, 0) is 5.41 Å². The largest absolute Gasteiger partial charge is 0.454 e. The van der Waals surface area contributed by atoms with E-state index < -0.39 is 11.9 Å². The SMILES string of the molecule is CC(O)c1ccc(Oc2ccc(C(C)(C)C)cc2)c(F)c1. The molecule has 2 rings (SSSR count). The molecule has 2 aromatic carbocycles. The monoisotopic (exact) mass is 288 g/mol. The Balaban J connectivity index is 2.19. The lowest BCUT2D eigenvalue weighted by Crippen LogP contribution is -2.10. The van der Waals surface area contributed by atoms with Crippen molar-refractivity contribution >= 4 is 0 Å². The molecule has 0 bridgehead atoms. The number of hydrogen-bond acceptors (Lipinski definition) is 2. The molecule has 0 spiro atoms. The molecule has 0 saturated carbocycles. The summed E-state index contributed by atoms with van der Waals surface area (Å²) < 4.78 is 19.5. The van der Waals surface area contributed by atoms with Crippen molar-refractivity contribution in [1.82, 2.24) is 0 Å². The number of benzene rings is 2. The maximum absolute atomic E-state index is 13.9. The third-order valence-corrected chi connectivity index (χ3v) is 3.39. The average molecular weight is 288 g/mol. The first-order chi connectivity index (χ1) is 9.77. The van der Waals surface area contributed by atoms with Crippen LogP contribution in [0.25, 0.3) is 0 Å². The molecule has 1 N–H and O–H groups in total. The molecule has 2 nitrogen and oxygen atoms in total. The van der Waals surface area contributed by atoms with Crippen LogP contribution in [0.1, 0.15) is 44.9 Å². The van der Waals surface area contributed by atoms with Crippen molar-refractivity contribution in [3.8, 4) is 11.5 Å². The summed E-state index contributed by atoms with van der Waals surface area (Å²) in [6, 6.07) is 12.1. The van der Waals surface area contributed by atoms with Crippen molar-refractivity contribution < 1.29 is 14.2 Å². The van der Waals surface area contributed by atoms with Gasteiger partial charge in [-0.3, -0.25) is 0 Å². The molecule has 0 fully saturated rings. The third-order valence-electron chi connectivity index (χ3n) is 3.39. The Labute approximate surface area is 125 Å². The molecule has 0 aliphatic rings. The number of halogens is 1. The van der Waals surface area contributed by atoms with Gasteiger partial charge in [0.25, 0.3) is 0 Å². The molecule has 0 aromatic heterocycles. The molecule has 1 unspecified atom stereocenters. The molecule has 2 aromatic rings. The number of hydrogen-bond donors (Lipinski definition) is 1. The smallest absolute Gasteiger partial charge is 0.166 e. The highest BCUT2D eigenvalue weighted by atomic mass is 19.1. The van der Waals surface area contributed by atoms with Crippen LogP contribution in [0.3, 0.4) is 0 Å². The van der Waals surface area contributed by atoms with Gasteiger partial charge in [0.1, 0.15) is 5.75 Å². The van der Waals surface area contributed by atoms with Crippen molar-refractivity contribution in [2.24, 2.45) is 0 Å². The Morgan fingerprint density at radius 3 is 2.14 bits per heavy atom. The van der Waals surface area contributed by atoms with Crippen molar-refractivity contribution in [2.45, 2.75) is 39.2 Å². The fourth-order valence-electron chi connectivity index (χ4n) is 2.01. The van der Waals surface area contributed by atoms with E-state index in [0.29, 0.717) is 11.3 Å². The molecular formula is C18H21FO2. The summed E-state index contributed by atoms with van der Waals surface area (Å²) in [4.78, 5) is 0. The minimum atomic E-state index is -0.695. The van der Waals surface area contributed by atoms with Crippen LogP contribution in [0.2, 0.25) is 0 Å². The molecule has 0 aliphatic carbocycles. The van der Waals surface area contributed by atoms with Crippen molar-refractivity contribution in [3.05, 3.63) is 59.4 Å². The molecule has 0 heterocycles. The van der Waals surface area contributed by atoms with Crippen LogP contribution in [0.5, 0.6) is 11.5 Å². The molecule has 0 saturated heterocycles. The van der Waals surface area contributed by atoms with Crippen LogP contribution < -0.4 is 4.74 Å². The highest BCUT2D eigenvalue weighted by molar-refractivity contribution is 5.37. The Morgan fingerprint density at radius 1 is 1.05 bits per heavy atom. The van der Waals surface area contributed by atoms with Gasteiger partial charge in [0.05, 0.1) is 6.10 Å². The molecular weight excluding hydrogens is 267 g/mol. The summed E-state index contributed by atoms with van der Waals surface area (Å²) in [5, 5.41) is 9.43. The van der Waals surface area contributed by atoms with Gasteiger partial charge in [-0.25, -0.2) is 4.39 Å². The fraction of sp³-hybridized carbons (Fsp3) is 0.333. The van der Waals surface area contributed by atoms with Crippen LogP contribution >= 0.6 is 0 Å². The first-order valence-electron chi connectivity index (χ1n) is 7.03. The van der Waals surface area contributed by atoms with E-state index in [-0.39, 0.29) is 11.2 Å². The lowest BCUT2D eigenvalue weighted by atomic mass is 9.87. The predicted octanol–water partition coefficient (Wildman–Crippen LogP) is 4.97. The van der Waals surface area contributed by atoms with Crippen molar-refractivity contribution in [2.75, 3.05) is 0 Å². The van der Waals surface area contributed by atoms with Gasteiger partial charge in [-0.15, -0.1) is 0 Å². The van der Waals surface area contributed by atoms with Crippen molar-refractivity contribution in [3.63, 3.8) is 0 Å². The average Bonchev–Trinajstić information content (AvgIpc) is 2.40. The minimum Gasteiger partial charge on any atom is -0.454 e. The second kappa shape index (κ2) is 5.86. The Morgan fingerprint density at radius 2 is 1.67 bits per heavy atom. The van der Waals surface area contributed by atoms with E-state index in [0.717, 1.165) is 0 Å². The molecule has 0 radical (unpaired) electrons. The topological polar surface area (TPSA) is 29.5 Å². The normalized spacial score (nSPS) is 13.0. The Bertz CT molecular complexity index is 610. The van der Waals surface area contributed by atoms with E-state index >= 15 is 0 Å². The first kappa shape index (κ1) is 15.5. The second-order valence-electron chi connectivity index (χ2n) is 6.24. The highest BCUT2D eigenvalue weighted by Crippen LogP contribution is 2.29. The molecule has 112 valence electrons. The number of rotatable bonds is 3. The lowest BCUT2D eigenvalue weighted by molar-refractivity contribution is 0.198. The Kier molecular flexibility index (Phi) is 4.33.